The van der Waals surface area contributed by atoms with Crippen molar-refractivity contribution in [1.82, 2.24) is 9.97 Å². The highest BCUT2D eigenvalue weighted by Gasteiger charge is 2.01. The molecule has 0 fully saturated rings. The molecule has 1 heterocycles. The van der Waals surface area contributed by atoms with Crippen LogP contribution >= 0.6 is 0 Å². The lowest BCUT2D eigenvalue weighted by atomic mass is 10.1. The number of rotatable bonds is 2. The molecule has 3 nitrogen and oxygen atoms in total. The molecule has 0 saturated heterocycles. The van der Waals surface area contributed by atoms with Gasteiger partial charge in [0.05, 0.1) is 11.9 Å². The summed E-state index contributed by atoms with van der Waals surface area (Å²) >= 11 is 0. The van der Waals surface area contributed by atoms with Crippen molar-refractivity contribution in [1.29, 1.82) is 0 Å². The van der Waals surface area contributed by atoms with E-state index in [2.05, 4.69) is 47.9 Å². The van der Waals surface area contributed by atoms with Crippen LogP contribution in [-0.4, -0.2) is 16.2 Å². The highest BCUT2D eigenvalue weighted by molar-refractivity contribution is 5.78. The third-order valence-corrected chi connectivity index (χ3v) is 2.53. The van der Waals surface area contributed by atoms with E-state index in [0.717, 1.165) is 5.69 Å². The number of aryl methyl sites for hydroxylation is 3. The molecule has 3 heteroatoms. The zero-order chi connectivity index (χ0) is 12.3. The van der Waals surface area contributed by atoms with E-state index in [0.29, 0.717) is 5.82 Å². The molecule has 86 valence electrons. The summed E-state index contributed by atoms with van der Waals surface area (Å²) in [7, 11) is 0. The lowest BCUT2D eigenvalue weighted by Gasteiger charge is -2.05. The van der Waals surface area contributed by atoms with Gasteiger partial charge in [-0.3, -0.25) is 4.99 Å². The molecule has 0 aliphatic heterocycles. The van der Waals surface area contributed by atoms with Crippen LogP contribution in [0.15, 0.2) is 35.6 Å². The van der Waals surface area contributed by atoms with E-state index in [1.54, 1.807) is 24.7 Å². The number of aliphatic imine (C=N–C) groups is 1. The van der Waals surface area contributed by atoms with Crippen molar-refractivity contribution < 1.29 is 0 Å². The summed E-state index contributed by atoms with van der Waals surface area (Å²) in [4.78, 5) is 12.7. The van der Waals surface area contributed by atoms with Gasteiger partial charge in [-0.15, -0.1) is 0 Å². The van der Waals surface area contributed by atoms with Crippen molar-refractivity contribution in [3.8, 4) is 0 Å². The fraction of sp³-hybridized carbons (Fsp3) is 0.214. The van der Waals surface area contributed by atoms with Crippen LogP contribution in [0.5, 0.6) is 0 Å². The van der Waals surface area contributed by atoms with Crippen LogP contribution in [0.3, 0.4) is 0 Å². The minimum absolute atomic E-state index is 0.631. The Kier molecular flexibility index (Phi) is 3.28. The maximum Gasteiger partial charge on any atom is 0.170 e. The molecular formula is C14H15N3. The topological polar surface area (TPSA) is 38.1 Å². The predicted octanol–water partition coefficient (Wildman–Crippen LogP) is 3.15. The van der Waals surface area contributed by atoms with Gasteiger partial charge in [-0.2, -0.15) is 0 Å². The van der Waals surface area contributed by atoms with Crippen LogP contribution in [0.1, 0.15) is 22.5 Å². The molecule has 0 N–H and O–H groups in total. The number of hydrogen-bond donors (Lipinski definition) is 0. The monoisotopic (exact) mass is 225 g/mol. The van der Waals surface area contributed by atoms with Crippen molar-refractivity contribution in [3.63, 3.8) is 0 Å². The Bertz CT molecular complexity index is 522. The van der Waals surface area contributed by atoms with E-state index < -0.39 is 0 Å². The first-order valence-electron chi connectivity index (χ1n) is 5.56. The maximum absolute atomic E-state index is 4.47. The molecular weight excluding hydrogens is 210 g/mol. The molecule has 1 aromatic heterocycles. The van der Waals surface area contributed by atoms with E-state index in [1.807, 2.05) is 0 Å². The second kappa shape index (κ2) is 4.87. The fourth-order valence-corrected chi connectivity index (χ4v) is 1.88. The standard InChI is InChI=1S/C14H15N3/c1-10-7-11(2)14(12(3)8-10)17-9-13-15-5-4-6-16-13/h4-9H,1-3H3. The second-order valence-electron chi connectivity index (χ2n) is 4.11. The number of hydrogen-bond acceptors (Lipinski definition) is 3. The average Bonchev–Trinajstić information content (AvgIpc) is 2.29. The van der Waals surface area contributed by atoms with Crippen LogP contribution in [0.4, 0.5) is 5.69 Å². The summed E-state index contributed by atoms with van der Waals surface area (Å²) in [6.45, 7) is 6.23. The molecule has 0 spiro atoms. The van der Waals surface area contributed by atoms with Crippen molar-refractivity contribution in [2.45, 2.75) is 20.8 Å². The second-order valence-corrected chi connectivity index (χ2v) is 4.11. The highest BCUT2D eigenvalue weighted by Crippen LogP contribution is 2.24. The van der Waals surface area contributed by atoms with Crippen molar-refractivity contribution in [2.24, 2.45) is 4.99 Å². The van der Waals surface area contributed by atoms with Crippen LogP contribution in [0.2, 0.25) is 0 Å². The van der Waals surface area contributed by atoms with Gasteiger partial charge in [0.2, 0.25) is 0 Å². The third-order valence-electron chi connectivity index (χ3n) is 2.53. The zero-order valence-corrected chi connectivity index (χ0v) is 10.3. The smallest absolute Gasteiger partial charge is 0.170 e. The lowest BCUT2D eigenvalue weighted by molar-refractivity contribution is 1.14. The maximum atomic E-state index is 4.47. The lowest BCUT2D eigenvalue weighted by Crippen LogP contribution is -1.91. The summed E-state index contributed by atoms with van der Waals surface area (Å²) in [6.07, 6.45) is 5.12. The van der Waals surface area contributed by atoms with E-state index in [1.165, 1.54) is 16.7 Å². The average molecular weight is 225 g/mol. The summed E-state index contributed by atoms with van der Waals surface area (Å²) in [5.41, 5.74) is 4.61. The highest BCUT2D eigenvalue weighted by atomic mass is 14.9. The van der Waals surface area contributed by atoms with Gasteiger partial charge >= 0.3 is 0 Å². The normalized spacial score (nSPS) is 11.0. The SMILES string of the molecule is Cc1cc(C)c(N=Cc2ncccn2)c(C)c1. The van der Waals surface area contributed by atoms with Gasteiger partial charge in [-0.1, -0.05) is 17.7 Å². The van der Waals surface area contributed by atoms with Crippen molar-refractivity contribution in [2.75, 3.05) is 0 Å². The Morgan fingerprint density at radius 3 is 2.18 bits per heavy atom. The molecule has 0 aliphatic carbocycles. The largest absolute Gasteiger partial charge is 0.252 e. The minimum atomic E-state index is 0.631. The van der Waals surface area contributed by atoms with Gasteiger partial charge in [0, 0.05) is 12.4 Å². The van der Waals surface area contributed by atoms with Crippen LogP contribution in [0.25, 0.3) is 0 Å². The molecule has 0 saturated carbocycles. The summed E-state index contributed by atoms with van der Waals surface area (Å²) < 4.78 is 0. The zero-order valence-electron chi connectivity index (χ0n) is 10.3. The summed E-state index contributed by atoms with van der Waals surface area (Å²) in [6, 6.07) is 6.05. The van der Waals surface area contributed by atoms with E-state index in [4.69, 9.17) is 0 Å². The molecule has 0 unspecified atom stereocenters. The molecule has 2 rings (SSSR count). The Balaban J connectivity index is 2.34. The Morgan fingerprint density at radius 2 is 1.59 bits per heavy atom. The van der Waals surface area contributed by atoms with Gasteiger partial charge in [-0.05, 0) is 38.0 Å². The van der Waals surface area contributed by atoms with Gasteiger partial charge in [-0.25, -0.2) is 9.97 Å². The van der Waals surface area contributed by atoms with Gasteiger partial charge in [0.25, 0.3) is 0 Å². The molecule has 1 aromatic carbocycles. The Labute approximate surface area is 101 Å². The third kappa shape index (κ3) is 2.75. The van der Waals surface area contributed by atoms with Gasteiger partial charge in [0.15, 0.2) is 5.82 Å². The van der Waals surface area contributed by atoms with E-state index in [9.17, 15) is 0 Å². The van der Waals surface area contributed by atoms with Gasteiger partial charge in [0.1, 0.15) is 0 Å². The molecule has 0 radical (unpaired) electrons. The number of aromatic nitrogens is 2. The van der Waals surface area contributed by atoms with Gasteiger partial charge < -0.3 is 0 Å². The molecule has 0 bridgehead atoms. The first-order valence-corrected chi connectivity index (χ1v) is 5.56. The predicted molar refractivity (Wildman–Crippen MR) is 69.9 cm³/mol. The molecule has 2 aromatic rings. The van der Waals surface area contributed by atoms with Crippen LogP contribution in [0, 0.1) is 20.8 Å². The number of nitrogens with zero attached hydrogens (tertiary/aromatic N) is 3. The minimum Gasteiger partial charge on any atom is -0.252 e. The summed E-state index contributed by atoms with van der Waals surface area (Å²) in [5, 5.41) is 0. The Morgan fingerprint density at radius 1 is 1.00 bits per heavy atom. The summed E-state index contributed by atoms with van der Waals surface area (Å²) in [5.74, 6) is 0.631. The first-order chi connectivity index (χ1) is 8.16. The van der Waals surface area contributed by atoms with Crippen LogP contribution < -0.4 is 0 Å². The molecule has 0 aliphatic rings. The van der Waals surface area contributed by atoms with E-state index >= 15 is 0 Å². The Hall–Kier alpha value is -2.03. The quantitative estimate of drug-likeness (QED) is 0.736. The van der Waals surface area contributed by atoms with Crippen LogP contribution in [-0.2, 0) is 0 Å². The van der Waals surface area contributed by atoms with Crippen molar-refractivity contribution in [3.05, 3.63) is 53.1 Å². The number of benzene rings is 1. The molecule has 17 heavy (non-hydrogen) atoms. The molecule has 0 amide bonds. The van der Waals surface area contributed by atoms with Crippen molar-refractivity contribution >= 4 is 11.9 Å². The first kappa shape index (κ1) is 11.5. The fourth-order valence-electron chi connectivity index (χ4n) is 1.88. The van der Waals surface area contributed by atoms with E-state index in [-0.39, 0.29) is 0 Å². The molecule has 0 atom stereocenters.